The Morgan fingerprint density at radius 3 is 2.15 bits per heavy atom. The van der Waals surface area contributed by atoms with Gasteiger partial charge < -0.3 is 14.4 Å². The molecule has 0 unspecified atom stereocenters. The van der Waals surface area contributed by atoms with Gasteiger partial charge in [-0.25, -0.2) is 0 Å². The molecule has 6 nitrogen and oxygen atoms in total. The first kappa shape index (κ1) is 23.8. The van der Waals surface area contributed by atoms with Gasteiger partial charge >= 0.3 is 58.5 Å². The van der Waals surface area contributed by atoms with E-state index in [1.54, 1.807) is 0 Å². The number of benzene rings is 1. The van der Waals surface area contributed by atoms with Crippen LogP contribution in [-0.4, -0.2) is 90.6 Å². The van der Waals surface area contributed by atoms with Crippen LogP contribution in [0, 0.1) is 0 Å². The molecule has 0 spiro atoms. The van der Waals surface area contributed by atoms with Crippen LogP contribution in [0.1, 0.15) is 54.5 Å². The van der Waals surface area contributed by atoms with Gasteiger partial charge in [-0.15, -0.1) is 0 Å². The monoisotopic (exact) mass is 386 g/mol. The third kappa shape index (κ3) is 5.41. The van der Waals surface area contributed by atoms with Crippen molar-refractivity contribution in [2.45, 2.75) is 65.7 Å². The molecule has 1 aliphatic rings. The molecule has 2 heterocycles. The standard InChI is InChI=1S/C16H23BN2O2.C2H4O2.K.H/c1-11(2)19-10-12-9-13(7-8-14(12)18-19)17-20-15(3,4)16(5,6)21-17;1-2(3)4;;/h7-11H,1-6H3;1H3,(H,3,4);;. The molecule has 0 radical (unpaired) electrons. The summed E-state index contributed by atoms with van der Waals surface area (Å²) in [5.41, 5.74) is 1.43. The molecule has 1 saturated heterocycles. The minimum atomic E-state index is -0.833. The molecule has 1 fully saturated rings. The van der Waals surface area contributed by atoms with E-state index in [2.05, 4.69) is 58.9 Å². The minimum absolute atomic E-state index is 0. The van der Waals surface area contributed by atoms with Gasteiger partial charge in [-0.05, 0) is 53.1 Å². The Morgan fingerprint density at radius 1 is 1.19 bits per heavy atom. The van der Waals surface area contributed by atoms with Crippen molar-refractivity contribution in [3.05, 3.63) is 24.4 Å². The number of fused-ring (bicyclic) bond motifs is 1. The first-order chi connectivity index (χ1) is 11.4. The summed E-state index contributed by atoms with van der Waals surface area (Å²) in [4.78, 5) is 9.00. The topological polar surface area (TPSA) is 73.6 Å². The molecule has 0 aliphatic carbocycles. The average molecular weight is 386 g/mol. The molecule has 0 saturated carbocycles. The predicted octanol–water partition coefficient (Wildman–Crippen LogP) is 2.36. The van der Waals surface area contributed by atoms with Crippen molar-refractivity contribution in [2.24, 2.45) is 0 Å². The van der Waals surface area contributed by atoms with Gasteiger partial charge in [-0.1, -0.05) is 12.1 Å². The van der Waals surface area contributed by atoms with Gasteiger partial charge in [0.15, 0.2) is 0 Å². The van der Waals surface area contributed by atoms with Crippen LogP contribution in [0.25, 0.3) is 10.9 Å². The van der Waals surface area contributed by atoms with Gasteiger partial charge in [0.1, 0.15) is 0 Å². The van der Waals surface area contributed by atoms with Crippen LogP contribution in [-0.2, 0) is 14.1 Å². The number of aromatic nitrogens is 2. The number of carboxylic acid groups (broad SMARTS) is 1. The van der Waals surface area contributed by atoms with Crippen LogP contribution in [0.2, 0.25) is 0 Å². The molecular weight excluding hydrogens is 358 g/mol. The number of hydrogen-bond acceptors (Lipinski definition) is 4. The number of nitrogens with zero attached hydrogens (tertiary/aromatic N) is 2. The van der Waals surface area contributed by atoms with Gasteiger partial charge in [-0.2, -0.15) is 5.10 Å². The van der Waals surface area contributed by atoms with E-state index in [0.717, 1.165) is 23.3 Å². The predicted molar refractivity (Wildman–Crippen MR) is 106 cm³/mol. The SMILES string of the molecule is CC(=O)O.CC(C)n1cc2cc(B3OC(C)(C)C(C)(C)O3)ccc2n1.[KH]. The van der Waals surface area contributed by atoms with E-state index in [4.69, 9.17) is 19.2 Å². The maximum atomic E-state index is 9.00. The Labute approximate surface area is 198 Å². The second kappa shape index (κ2) is 8.86. The quantitative estimate of drug-likeness (QED) is 0.803. The van der Waals surface area contributed by atoms with E-state index in [-0.39, 0.29) is 69.7 Å². The fraction of sp³-hybridized carbons (Fsp3) is 0.556. The van der Waals surface area contributed by atoms with Crippen molar-refractivity contribution in [3.8, 4) is 0 Å². The zero-order valence-corrected chi connectivity index (χ0v) is 16.0. The number of hydrogen-bond donors (Lipinski definition) is 1. The van der Waals surface area contributed by atoms with Crippen LogP contribution in [0.15, 0.2) is 24.4 Å². The summed E-state index contributed by atoms with van der Waals surface area (Å²) in [5.74, 6) is -0.833. The number of carbonyl (C=O) groups is 1. The maximum absolute atomic E-state index is 9.00. The third-order valence-electron chi connectivity index (χ3n) is 4.60. The van der Waals surface area contributed by atoms with E-state index < -0.39 is 5.97 Å². The molecule has 8 heteroatoms. The Kier molecular flexibility index (Phi) is 8.11. The fourth-order valence-electron chi connectivity index (χ4n) is 2.45. The van der Waals surface area contributed by atoms with Crippen LogP contribution in [0.3, 0.4) is 0 Å². The van der Waals surface area contributed by atoms with Crippen LogP contribution < -0.4 is 5.46 Å². The van der Waals surface area contributed by atoms with Crippen molar-refractivity contribution in [2.75, 3.05) is 0 Å². The average Bonchev–Trinajstić information content (AvgIpc) is 2.96. The Bertz CT molecular complexity index is 754. The molecule has 0 amide bonds. The molecule has 1 aliphatic heterocycles. The first-order valence-corrected chi connectivity index (χ1v) is 8.47. The molecule has 138 valence electrons. The van der Waals surface area contributed by atoms with E-state index in [0.29, 0.717) is 6.04 Å². The second-order valence-corrected chi connectivity index (χ2v) is 7.63. The summed E-state index contributed by atoms with van der Waals surface area (Å²) in [5, 5.41) is 13.1. The molecule has 1 aromatic heterocycles. The Hall–Kier alpha value is -0.219. The Balaban J connectivity index is 0.000000616. The van der Waals surface area contributed by atoms with Crippen molar-refractivity contribution < 1.29 is 19.2 Å². The van der Waals surface area contributed by atoms with Gasteiger partial charge in [0, 0.05) is 24.5 Å². The second-order valence-electron chi connectivity index (χ2n) is 7.63. The summed E-state index contributed by atoms with van der Waals surface area (Å²) in [6, 6.07) is 6.55. The number of carboxylic acids is 1. The molecule has 3 rings (SSSR count). The summed E-state index contributed by atoms with van der Waals surface area (Å²) < 4.78 is 14.2. The third-order valence-corrected chi connectivity index (χ3v) is 4.60. The molecule has 2 aromatic rings. The van der Waals surface area contributed by atoms with Gasteiger partial charge in [0.25, 0.3) is 5.97 Å². The summed E-state index contributed by atoms with van der Waals surface area (Å²) in [6.07, 6.45) is 2.08. The van der Waals surface area contributed by atoms with Gasteiger partial charge in [-0.3, -0.25) is 9.48 Å². The molecule has 1 N–H and O–H groups in total. The van der Waals surface area contributed by atoms with E-state index >= 15 is 0 Å². The molecule has 0 bridgehead atoms. The van der Waals surface area contributed by atoms with Crippen molar-refractivity contribution in [1.82, 2.24) is 9.78 Å². The fourth-order valence-corrected chi connectivity index (χ4v) is 2.45. The van der Waals surface area contributed by atoms with Gasteiger partial charge in [0.05, 0.1) is 16.7 Å². The van der Waals surface area contributed by atoms with E-state index in [1.165, 1.54) is 0 Å². The first-order valence-electron chi connectivity index (χ1n) is 8.47. The van der Waals surface area contributed by atoms with E-state index in [9.17, 15) is 0 Å². The number of rotatable bonds is 2. The van der Waals surface area contributed by atoms with Crippen LogP contribution in [0.5, 0.6) is 0 Å². The normalized spacial score (nSPS) is 17.6. The van der Waals surface area contributed by atoms with Gasteiger partial charge in [0.2, 0.25) is 0 Å². The number of aliphatic carboxylic acids is 1. The summed E-state index contributed by atoms with van der Waals surface area (Å²) in [7, 11) is -0.318. The Morgan fingerprint density at radius 2 is 1.69 bits per heavy atom. The molecule has 0 atom stereocenters. The van der Waals surface area contributed by atoms with Crippen molar-refractivity contribution >= 4 is 80.8 Å². The summed E-state index contributed by atoms with van der Waals surface area (Å²) in [6.45, 7) is 13.6. The summed E-state index contributed by atoms with van der Waals surface area (Å²) >= 11 is 0. The molecular formula is C18H28BKN2O4. The van der Waals surface area contributed by atoms with Crippen molar-refractivity contribution in [1.29, 1.82) is 0 Å². The molecule has 1 aromatic carbocycles. The van der Waals surface area contributed by atoms with Crippen LogP contribution in [0.4, 0.5) is 0 Å². The van der Waals surface area contributed by atoms with E-state index in [1.807, 2.05) is 16.8 Å². The van der Waals surface area contributed by atoms with Crippen LogP contribution >= 0.6 is 0 Å². The molecule has 26 heavy (non-hydrogen) atoms. The zero-order chi connectivity index (χ0) is 19.0. The van der Waals surface area contributed by atoms with Crippen molar-refractivity contribution in [3.63, 3.8) is 0 Å². The zero-order valence-electron chi connectivity index (χ0n) is 16.0.